The molecule has 2 N–H and O–H groups in total. The first-order valence-electron chi connectivity index (χ1n) is 6.44. The van der Waals surface area contributed by atoms with E-state index in [9.17, 15) is 4.79 Å². The normalized spacial score (nSPS) is 17.3. The van der Waals surface area contributed by atoms with Crippen molar-refractivity contribution in [3.8, 4) is 0 Å². The number of para-hydroxylation sites is 2. The predicted octanol–water partition coefficient (Wildman–Crippen LogP) is 2.97. The molecule has 3 rings (SSSR count). The van der Waals surface area contributed by atoms with Crippen molar-refractivity contribution in [2.45, 2.75) is 19.4 Å². The van der Waals surface area contributed by atoms with Gasteiger partial charge in [0, 0.05) is 6.42 Å². The summed E-state index contributed by atoms with van der Waals surface area (Å²) in [4.78, 5) is 12.1. The molecule has 0 saturated heterocycles. The third-order valence-electron chi connectivity index (χ3n) is 3.35. The van der Waals surface area contributed by atoms with E-state index in [0.29, 0.717) is 6.42 Å². The number of hydrogen-bond acceptors (Lipinski definition) is 2. The van der Waals surface area contributed by atoms with E-state index in [1.54, 1.807) is 0 Å². The lowest BCUT2D eigenvalue weighted by atomic mass is 10.0. The van der Waals surface area contributed by atoms with Gasteiger partial charge in [-0.25, -0.2) is 0 Å². The second-order valence-corrected chi connectivity index (χ2v) is 4.92. The van der Waals surface area contributed by atoms with E-state index in [0.717, 1.165) is 11.4 Å². The number of carbonyl (C=O) groups excluding carboxylic acids is 1. The number of rotatable bonds is 2. The molecule has 1 atom stereocenters. The van der Waals surface area contributed by atoms with Gasteiger partial charge in [0.15, 0.2) is 0 Å². The Bertz CT molecular complexity index is 622. The summed E-state index contributed by atoms with van der Waals surface area (Å²) in [7, 11) is 0. The quantitative estimate of drug-likeness (QED) is 0.862. The molecule has 3 nitrogen and oxygen atoms in total. The molecule has 0 spiro atoms. The van der Waals surface area contributed by atoms with Crippen molar-refractivity contribution in [3.63, 3.8) is 0 Å². The molecule has 1 amide bonds. The van der Waals surface area contributed by atoms with Crippen LogP contribution in [0.5, 0.6) is 0 Å². The van der Waals surface area contributed by atoms with Gasteiger partial charge in [0.05, 0.1) is 11.4 Å². The minimum absolute atomic E-state index is 0.0280. The van der Waals surface area contributed by atoms with Crippen LogP contribution in [0.25, 0.3) is 0 Å². The third kappa shape index (κ3) is 2.45. The molecule has 1 aliphatic rings. The summed E-state index contributed by atoms with van der Waals surface area (Å²) in [5.74, 6) is 0.0280. The van der Waals surface area contributed by atoms with Gasteiger partial charge in [-0.05, 0) is 24.6 Å². The molecule has 0 bridgehead atoms. The Morgan fingerprint density at radius 3 is 2.63 bits per heavy atom. The van der Waals surface area contributed by atoms with Gasteiger partial charge in [0.25, 0.3) is 0 Å². The van der Waals surface area contributed by atoms with Crippen LogP contribution in [0, 0.1) is 6.92 Å². The number of amides is 1. The monoisotopic (exact) mass is 252 g/mol. The summed E-state index contributed by atoms with van der Waals surface area (Å²) in [6.45, 7) is 2.06. The van der Waals surface area contributed by atoms with Gasteiger partial charge in [0.1, 0.15) is 6.04 Å². The Balaban J connectivity index is 1.81. The zero-order valence-electron chi connectivity index (χ0n) is 10.8. The third-order valence-corrected chi connectivity index (χ3v) is 3.35. The minimum Gasteiger partial charge on any atom is -0.372 e. The van der Waals surface area contributed by atoms with Crippen LogP contribution in [0.2, 0.25) is 0 Å². The summed E-state index contributed by atoms with van der Waals surface area (Å²) >= 11 is 0. The molecule has 1 heterocycles. The van der Waals surface area contributed by atoms with Gasteiger partial charge >= 0.3 is 0 Å². The summed E-state index contributed by atoms with van der Waals surface area (Å²) in [5, 5.41) is 6.25. The zero-order chi connectivity index (χ0) is 13.2. The Morgan fingerprint density at radius 1 is 1.05 bits per heavy atom. The van der Waals surface area contributed by atoms with Gasteiger partial charge in [0.2, 0.25) is 5.91 Å². The van der Waals surface area contributed by atoms with Crippen LogP contribution in [-0.2, 0) is 11.2 Å². The van der Waals surface area contributed by atoms with Crippen LogP contribution in [0.3, 0.4) is 0 Å². The van der Waals surface area contributed by atoms with Crippen LogP contribution in [-0.4, -0.2) is 11.9 Å². The molecule has 96 valence electrons. The predicted molar refractivity (Wildman–Crippen MR) is 77.4 cm³/mol. The van der Waals surface area contributed by atoms with Crippen molar-refractivity contribution >= 4 is 17.3 Å². The van der Waals surface area contributed by atoms with Crippen LogP contribution in [0.1, 0.15) is 11.1 Å². The Hall–Kier alpha value is -2.29. The second kappa shape index (κ2) is 4.76. The highest BCUT2D eigenvalue weighted by molar-refractivity contribution is 6.03. The molecule has 0 radical (unpaired) electrons. The number of carbonyl (C=O) groups is 1. The Morgan fingerprint density at radius 2 is 1.84 bits per heavy atom. The van der Waals surface area contributed by atoms with Crippen molar-refractivity contribution < 1.29 is 4.79 Å². The fourth-order valence-electron chi connectivity index (χ4n) is 2.41. The van der Waals surface area contributed by atoms with E-state index in [1.165, 1.54) is 11.1 Å². The number of anilines is 2. The molecular formula is C16H16N2O. The van der Waals surface area contributed by atoms with E-state index in [1.807, 2.05) is 30.3 Å². The lowest BCUT2D eigenvalue weighted by Gasteiger charge is -2.26. The molecular weight excluding hydrogens is 236 g/mol. The van der Waals surface area contributed by atoms with E-state index in [-0.39, 0.29) is 11.9 Å². The molecule has 3 heteroatoms. The molecule has 2 aromatic carbocycles. The van der Waals surface area contributed by atoms with Crippen LogP contribution in [0.4, 0.5) is 11.4 Å². The number of hydrogen-bond donors (Lipinski definition) is 2. The first kappa shape index (κ1) is 11.8. The summed E-state index contributed by atoms with van der Waals surface area (Å²) in [5.41, 5.74) is 4.23. The summed E-state index contributed by atoms with van der Waals surface area (Å²) in [6.07, 6.45) is 0.696. The largest absolute Gasteiger partial charge is 0.372 e. The first-order chi connectivity index (χ1) is 9.22. The number of nitrogens with one attached hydrogen (secondary N) is 2. The van der Waals surface area contributed by atoms with Crippen molar-refractivity contribution in [1.29, 1.82) is 0 Å². The standard InChI is InChI=1S/C16H16N2O/c1-11-5-4-6-12(9-11)10-15-16(19)18-14-8-3-2-7-13(14)17-15/h2-9,15,17H,10H2,1H3,(H,18,19). The maximum atomic E-state index is 12.1. The molecule has 0 aliphatic carbocycles. The maximum absolute atomic E-state index is 12.1. The van der Waals surface area contributed by atoms with Gasteiger partial charge in [-0.15, -0.1) is 0 Å². The van der Waals surface area contributed by atoms with Crippen LogP contribution in [0.15, 0.2) is 48.5 Å². The fourth-order valence-corrected chi connectivity index (χ4v) is 2.41. The van der Waals surface area contributed by atoms with E-state index in [4.69, 9.17) is 0 Å². The highest BCUT2D eigenvalue weighted by Crippen LogP contribution is 2.26. The lowest BCUT2D eigenvalue weighted by Crippen LogP contribution is -2.40. The Kier molecular flexibility index (Phi) is 2.95. The molecule has 19 heavy (non-hydrogen) atoms. The number of benzene rings is 2. The number of aryl methyl sites for hydroxylation is 1. The van der Waals surface area contributed by atoms with Crippen molar-refractivity contribution in [1.82, 2.24) is 0 Å². The molecule has 1 unspecified atom stereocenters. The van der Waals surface area contributed by atoms with E-state index in [2.05, 4.69) is 35.8 Å². The lowest BCUT2D eigenvalue weighted by molar-refractivity contribution is -0.117. The van der Waals surface area contributed by atoms with E-state index < -0.39 is 0 Å². The van der Waals surface area contributed by atoms with Crippen LogP contribution >= 0.6 is 0 Å². The SMILES string of the molecule is Cc1cccc(CC2Nc3ccccc3NC2=O)c1. The van der Waals surface area contributed by atoms with Crippen LogP contribution < -0.4 is 10.6 Å². The average Bonchev–Trinajstić information content (AvgIpc) is 2.40. The van der Waals surface area contributed by atoms with Gasteiger partial charge in [-0.3, -0.25) is 4.79 Å². The van der Waals surface area contributed by atoms with Crippen molar-refractivity contribution in [2.75, 3.05) is 10.6 Å². The molecule has 0 saturated carbocycles. The maximum Gasteiger partial charge on any atom is 0.247 e. The topological polar surface area (TPSA) is 41.1 Å². The number of fused-ring (bicyclic) bond motifs is 1. The fraction of sp³-hybridized carbons (Fsp3) is 0.188. The molecule has 0 aromatic heterocycles. The molecule has 1 aliphatic heterocycles. The minimum atomic E-state index is -0.211. The van der Waals surface area contributed by atoms with E-state index >= 15 is 0 Å². The zero-order valence-corrected chi connectivity index (χ0v) is 10.8. The first-order valence-corrected chi connectivity index (χ1v) is 6.44. The molecule has 2 aromatic rings. The van der Waals surface area contributed by atoms with Crippen molar-refractivity contribution in [2.24, 2.45) is 0 Å². The summed E-state index contributed by atoms with van der Waals surface area (Å²) in [6, 6.07) is 15.8. The second-order valence-electron chi connectivity index (χ2n) is 4.92. The van der Waals surface area contributed by atoms with Crippen molar-refractivity contribution in [3.05, 3.63) is 59.7 Å². The smallest absolute Gasteiger partial charge is 0.247 e. The highest BCUT2D eigenvalue weighted by atomic mass is 16.2. The van der Waals surface area contributed by atoms with Gasteiger partial charge < -0.3 is 10.6 Å². The van der Waals surface area contributed by atoms with Gasteiger partial charge in [-0.2, -0.15) is 0 Å². The summed E-state index contributed by atoms with van der Waals surface area (Å²) < 4.78 is 0. The Labute approximate surface area is 112 Å². The molecule has 0 fully saturated rings. The van der Waals surface area contributed by atoms with Gasteiger partial charge in [-0.1, -0.05) is 42.0 Å². The highest BCUT2D eigenvalue weighted by Gasteiger charge is 2.24. The average molecular weight is 252 g/mol.